The van der Waals surface area contributed by atoms with Crippen molar-refractivity contribution in [3.05, 3.63) is 39.5 Å². The largest absolute Gasteiger partial charge is 2.00 e. The van der Waals surface area contributed by atoms with Gasteiger partial charge in [-0.15, -0.1) is 12.5 Å². The fourth-order valence-electron chi connectivity index (χ4n) is 6.48. The van der Waals surface area contributed by atoms with Gasteiger partial charge >= 0.3 is 55.2 Å². The summed E-state index contributed by atoms with van der Waals surface area (Å²) in [5, 5.41) is 8.52. The van der Waals surface area contributed by atoms with Crippen LogP contribution in [0.25, 0.3) is 0 Å². The third-order valence-corrected chi connectivity index (χ3v) is 11.3. The van der Waals surface area contributed by atoms with Crippen molar-refractivity contribution in [2.75, 3.05) is 59.3 Å². The average Bonchev–Trinajstić information content (AvgIpc) is 4.04. The topological polar surface area (TPSA) is 67.2 Å². The molecule has 0 saturated heterocycles. The summed E-state index contributed by atoms with van der Waals surface area (Å²) in [4.78, 5) is 2.41. The molecule has 0 N–H and O–H groups in total. The minimum atomic E-state index is -1.08. The Hall–Kier alpha value is 1.41. The second-order valence-corrected chi connectivity index (χ2v) is 15.9. The molecule has 0 heterocycles. The second-order valence-electron chi connectivity index (χ2n) is 14.5. The first-order valence-corrected chi connectivity index (χ1v) is 23.5. The molecule has 0 amide bonds. The Morgan fingerprint density at radius 1 is 0.702 bits per heavy atom. The van der Waals surface area contributed by atoms with Crippen LogP contribution in [-0.4, -0.2) is 80.9 Å². The van der Waals surface area contributed by atoms with Gasteiger partial charge in [0.05, 0.1) is 19.1 Å². The van der Waals surface area contributed by atoms with Crippen LogP contribution in [0.5, 0.6) is 0 Å². The summed E-state index contributed by atoms with van der Waals surface area (Å²) >= 11 is 0. The third kappa shape index (κ3) is 42.5. The van der Waals surface area contributed by atoms with Gasteiger partial charge in [0.1, 0.15) is 0 Å². The van der Waals surface area contributed by atoms with Crippen LogP contribution in [0.15, 0.2) is 0 Å². The maximum absolute atomic E-state index is 8.52. The van der Waals surface area contributed by atoms with E-state index in [9.17, 15) is 0 Å². The normalized spacial score (nSPS) is 18.4. The van der Waals surface area contributed by atoms with Crippen LogP contribution in [0.2, 0.25) is 0 Å². The molecule has 340 valence electrons. The van der Waals surface area contributed by atoms with Crippen molar-refractivity contribution in [1.82, 2.24) is 9.57 Å². The SMILES string of the molecule is CC.CC.[CH-]1CCCC1.[CH-]1CCCC1.[CH2-]CCOP(OCCC#N)N(C(C)C)C(C)C.[CH2-]CN(CCCOCC1[CH-]CCC1)CCCOCC1C[CH-]CC1.[Fe+2].[Fe+2].[W+2]. The van der Waals surface area contributed by atoms with Crippen LogP contribution in [0.4, 0.5) is 0 Å². The minimum absolute atomic E-state index is 0. The van der Waals surface area contributed by atoms with Gasteiger partial charge in [-0.2, -0.15) is 56.6 Å². The van der Waals surface area contributed by atoms with Gasteiger partial charge in [0.15, 0.2) is 0 Å². The summed E-state index contributed by atoms with van der Waals surface area (Å²) in [6.45, 7) is 32.0. The summed E-state index contributed by atoms with van der Waals surface area (Å²) in [6.07, 6.45) is 32.0. The van der Waals surface area contributed by atoms with Crippen molar-refractivity contribution in [1.29, 1.82) is 5.26 Å². The van der Waals surface area contributed by atoms with Crippen LogP contribution in [0, 0.1) is 62.7 Å². The molecule has 4 fully saturated rings. The van der Waals surface area contributed by atoms with Crippen molar-refractivity contribution >= 4 is 8.53 Å². The van der Waals surface area contributed by atoms with E-state index in [1.165, 1.54) is 89.9 Å². The van der Waals surface area contributed by atoms with Gasteiger partial charge in [-0.3, -0.25) is 0 Å². The summed E-state index contributed by atoms with van der Waals surface area (Å²) < 4.78 is 25.2. The van der Waals surface area contributed by atoms with Crippen LogP contribution in [0.3, 0.4) is 0 Å². The van der Waals surface area contributed by atoms with E-state index in [0.29, 0.717) is 37.6 Å². The Balaban J connectivity index is -0.000000231. The molecule has 0 radical (unpaired) electrons. The summed E-state index contributed by atoms with van der Waals surface area (Å²) in [5.74, 6) is 1.50. The molecule has 0 bridgehead atoms. The molecule has 4 aliphatic rings. The Kier molecular flexibility index (Phi) is 63.4. The van der Waals surface area contributed by atoms with Crippen LogP contribution in [-0.2, 0) is 73.7 Å². The number of hydrogen-bond donors (Lipinski definition) is 0. The number of hydrogen-bond acceptors (Lipinski definition) is 7. The molecule has 0 spiro atoms. The van der Waals surface area contributed by atoms with E-state index < -0.39 is 8.53 Å². The predicted molar refractivity (Wildman–Crippen MR) is 235 cm³/mol. The summed E-state index contributed by atoms with van der Waals surface area (Å²) in [7, 11) is -1.08. The average molecular weight is 1080 g/mol. The molecule has 0 aromatic rings. The van der Waals surface area contributed by atoms with Crippen LogP contribution >= 0.6 is 8.53 Å². The van der Waals surface area contributed by atoms with Gasteiger partial charge in [0, 0.05) is 45.1 Å². The van der Waals surface area contributed by atoms with E-state index in [2.05, 4.69) is 82.9 Å². The predicted octanol–water partition coefficient (Wildman–Crippen LogP) is 13.0. The van der Waals surface area contributed by atoms with Crippen molar-refractivity contribution < 1.29 is 73.7 Å². The first-order chi connectivity index (χ1) is 26.4. The molecule has 0 aromatic heterocycles. The molecule has 4 aliphatic carbocycles. The molecule has 3 unspecified atom stereocenters. The van der Waals surface area contributed by atoms with Gasteiger partial charge in [-0.25, -0.2) is 4.67 Å². The summed E-state index contributed by atoms with van der Waals surface area (Å²) in [5.41, 5.74) is 0. The van der Waals surface area contributed by atoms with Gasteiger partial charge in [-0.05, 0) is 59.5 Å². The standard InChI is InChI=1S/C20H36NO2.C12H24N2O2P.2C5H9.2C2H6.2Fe.W/c1-2-21(13-7-15-22-17-19-9-3-4-10-19)14-8-16-23-18-20-11-5-6-12-20;1-6-9-15-17(16-10-7-8-13)14(11(2)3)12(4)5;2*1-2-4-5-3-1;2*1-2;;;/h3,11,19-20H,1-2,4-10,12-18H2;11-12H,1,6-7,9-10H2,2-5H3;2*1H,2-5H2;2*1-2H3;;;/q-3;3*-1;;;3*+2. The quantitative estimate of drug-likeness (QED) is 0.0463. The van der Waals surface area contributed by atoms with Crippen molar-refractivity contribution in [2.24, 2.45) is 11.8 Å². The van der Waals surface area contributed by atoms with E-state index in [1.54, 1.807) is 0 Å². The van der Waals surface area contributed by atoms with E-state index in [1.807, 2.05) is 27.7 Å². The van der Waals surface area contributed by atoms with Gasteiger partial charge in [-0.1, -0.05) is 72.6 Å². The minimum Gasteiger partial charge on any atom is -0.384 e. The van der Waals surface area contributed by atoms with E-state index in [0.717, 1.165) is 71.2 Å². The van der Waals surface area contributed by atoms with Crippen LogP contribution in [0.1, 0.15) is 171 Å². The van der Waals surface area contributed by atoms with E-state index in [-0.39, 0.29) is 55.2 Å². The molecular formula is C46H90Fe2N3O4PW. The molecule has 0 aromatic carbocycles. The van der Waals surface area contributed by atoms with Crippen molar-refractivity contribution in [2.45, 2.75) is 183 Å². The van der Waals surface area contributed by atoms with Crippen LogP contribution < -0.4 is 0 Å². The molecule has 0 aliphatic heterocycles. The molecule has 4 rings (SSSR count). The van der Waals surface area contributed by atoms with E-state index >= 15 is 0 Å². The number of rotatable bonds is 22. The number of nitrogens with zero attached hydrogens (tertiary/aromatic N) is 3. The zero-order chi connectivity index (χ0) is 40.5. The molecule has 3 atom stereocenters. The smallest absolute Gasteiger partial charge is 0.384 e. The maximum Gasteiger partial charge on any atom is 2.00 e. The van der Waals surface area contributed by atoms with Gasteiger partial charge in [0.2, 0.25) is 0 Å². The van der Waals surface area contributed by atoms with E-state index in [4.69, 9.17) is 23.8 Å². The summed E-state index contributed by atoms with van der Waals surface area (Å²) in [6, 6.07) is 2.78. The monoisotopic (exact) mass is 1080 g/mol. The Bertz CT molecular complexity index is 709. The second kappa shape index (κ2) is 53.5. The molecule has 4 saturated carbocycles. The van der Waals surface area contributed by atoms with Crippen molar-refractivity contribution in [3.63, 3.8) is 0 Å². The number of nitriles is 1. The van der Waals surface area contributed by atoms with Gasteiger partial charge < -0.3 is 63.0 Å². The zero-order valence-corrected chi connectivity index (χ0v) is 44.2. The fraction of sp³-hybridized carbons (Fsp3) is 0.848. The first-order valence-electron chi connectivity index (χ1n) is 22.4. The molecule has 57 heavy (non-hydrogen) atoms. The number of ether oxygens (including phenoxy) is 2. The van der Waals surface area contributed by atoms with Gasteiger partial charge in [0.25, 0.3) is 8.53 Å². The first kappa shape index (κ1) is 67.5. The fourth-order valence-corrected chi connectivity index (χ4v) is 8.11. The Morgan fingerprint density at radius 3 is 1.61 bits per heavy atom. The molecule has 7 nitrogen and oxygen atoms in total. The van der Waals surface area contributed by atoms with Crippen molar-refractivity contribution in [3.8, 4) is 6.07 Å². The maximum atomic E-state index is 8.52. The zero-order valence-electron chi connectivity index (χ0n) is 38.2. The Morgan fingerprint density at radius 2 is 1.23 bits per heavy atom. The molecular weight excluding hydrogens is 985 g/mol. The Labute approximate surface area is 394 Å². The molecule has 11 heteroatoms. The third-order valence-electron chi connectivity index (χ3n) is 9.23.